The van der Waals surface area contributed by atoms with Crippen molar-refractivity contribution in [3.8, 4) is 0 Å². The highest BCUT2D eigenvalue weighted by Gasteiger charge is 2.37. The van der Waals surface area contributed by atoms with Crippen LogP contribution >= 0.6 is 34.7 Å². The predicted molar refractivity (Wildman–Crippen MR) is 113 cm³/mol. The topological polar surface area (TPSA) is 58.7 Å². The summed E-state index contributed by atoms with van der Waals surface area (Å²) in [5.41, 5.74) is 2.76. The van der Waals surface area contributed by atoms with Crippen molar-refractivity contribution in [2.75, 3.05) is 0 Å². The highest BCUT2D eigenvalue weighted by molar-refractivity contribution is 8.02. The number of hydrazone groups is 1. The van der Waals surface area contributed by atoms with Gasteiger partial charge in [0.1, 0.15) is 11.8 Å². The quantitative estimate of drug-likeness (QED) is 0.496. The minimum absolute atomic E-state index is 0.0665. The minimum atomic E-state index is -0.309. The number of nitrogens with zero attached hydrogens (tertiary/aromatic N) is 3. The molecule has 2 aromatic heterocycles. The van der Waals surface area contributed by atoms with E-state index in [1.807, 2.05) is 55.6 Å². The molecule has 0 bridgehead atoms. The highest BCUT2D eigenvalue weighted by atomic mass is 35.5. The first-order chi connectivity index (χ1) is 13.5. The Morgan fingerprint density at radius 2 is 2.14 bits per heavy atom. The van der Waals surface area contributed by atoms with E-state index in [0.717, 1.165) is 27.1 Å². The molecule has 3 aromatic rings. The first kappa shape index (κ1) is 19.2. The minimum Gasteiger partial charge on any atom is -0.467 e. The molecule has 3 heterocycles. The average molecular weight is 432 g/mol. The normalized spacial score (nSPS) is 17.6. The highest BCUT2D eigenvalue weighted by Crippen LogP contribution is 2.36. The number of hydrogen-bond donors (Lipinski definition) is 0. The molecule has 0 unspecified atom stereocenters. The number of benzene rings is 1. The molecule has 28 heavy (non-hydrogen) atoms. The number of hydrogen-bond acceptors (Lipinski definition) is 6. The van der Waals surface area contributed by atoms with Crippen LogP contribution in [0, 0.1) is 6.92 Å². The Morgan fingerprint density at radius 3 is 2.79 bits per heavy atom. The van der Waals surface area contributed by atoms with Crippen LogP contribution in [0.3, 0.4) is 0 Å². The lowest BCUT2D eigenvalue weighted by Gasteiger charge is -2.22. The lowest BCUT2D eigenvalue weighted by Crippen LogP contribution is -2.33. The molecule has 144 valence electrons. The Kier molecular flexibility index (Phi) is 5.57. The van der Waals surface area contributed by atoms with Crippen molar-refractivity contribution in [2.45, 2.75) is 35.9 Å². The van der Waals surface area contributed by atoms with Crippen molar-refractivity contribution in [1.82, 2.24) is 9.99 Å². The zero-order valence-corrected chi connectivity index (χ0v) is 17.7. The maximum absolute atomic E-state index is 13.2. The van der Waals surface area contributed by atoms with Gasteiger partial charge >= 0.3 is 0 Å². The first-order valence-corrected chi connectivity index (χ1v) is 10.9. The maximum atomic E-state index is 13.2. The van der Waals surface area contributed by atoms with Gasteiger partial charge < -0.3 is 4.42 Å². The molecule has 0 radical (unpaired) electrons. The third kappa shape index (κ3) is 4.01. The molecular weight excluding hydrogens is 414 g/mol. The molecule has 8 heteroatoms. The van der Waals surface area contributed by atoms with Crippen molar-refractivity contribution in [2.24, 2.45) is 5.10 Å². The van der Waals surface area contributed by atoms with Gasteiger partial charge in [0, 0.05) is 22.5 Å². The summed E-state index contributed by atoms with van der Waals surface area (Å²) < 4.78 is 6.48. The van der Waals surface area contributed by atoms with E-state index in [9.17, 15) is 4.79 Å². The van der Waals surface area contributed by atoms with Crippen molar-refractivity contribution >= 4 is 46.3 Å². The van der Waals surface area contributed by atoms with Gasteiger partial charge in [-0.05, 0) is 43.7 Å². The predicted octanol–water partition coefficient (Wildman–Crippen LogP) is 5.56. The number of aryl methyl sites for hydroxylation is 1. The van der Waals surface area contributed by atoms with Crippen LogP contribution in [-0.2, 0) is 4.79 Å². The van der Waals surface area contributed by atoms with Gasteiger partial charge in [0.2, 0.25) is 0 Å². The van der Waals surface area contributed by atoms with Crippen molar-refractivity contribution in [3.63, 3.8) is 0 Å². The molecule has 0 spiro atoms. The summed E-state index contributed by atoms with van der Waals surface area (Å²) in [6, 6.07) is 11.0. The van der Waals surface area contributed by atoms with Crippen molar-refractivity contribution < 1.29 is 9.21 Å². The molecule has 1 aliphatic heterocycles. The van der Waals surface area contributed by atoms with Crippen LogP contribution < -0.4 is 0 Å². The van der Waals surface area contributed by atoms with Crippen LogP contribution in [-0.4, -0.2) is 26.9 Å². The van der Waals surface area contributed by atoms with Gasteiger partial charge in [0.25, 0.3) is 5.91 Å². The summed E-state index contributed by atoms with van der Waals surface area (Å²) in [6.07, 6.45) is 2.21. The molecule has 0 saturated heterocycles. The molecule has 5 nitrogen and oxygen atoms in total. The van der Waals surface area contributed by atoms with Gasteiger partial charge in [-0.2, -0.15) is 5.10 Å². The molecule has 2 atom stereocenters. The average Bonchev–Trinajstić information content (AvgIpc) is 3.42. The number of halogens is 1. The first-order valence-electron chi connectivity index (χ1n) is 8.80. The fourth-order valence-corrected chi connectivity index (χ4v) is 5.16. The number of rotatable bonds is 5. The Bertz CT molecular complexity index is 999. The van der Waals surface area contributed by atoms with Gasteiger partial charge in [-0.25, -0.2) is 9.99 Å². The molecule has 0 saturated carbocycles. The third-order valence-electron chi connectivity index (χ3n) is 4.41. The number of amides is 1. The molecule has 0 N–H and O–H groups in total. The van der Waals surface area contributed by atoms with E-state index in [4.69, 9.17) is 16.0 Å². The number of carbonyl (C=O) groups is 1. The van der Waals surface area contributed by atoms with E-state index in [1.54, 1.807) is 22.6 Å². The Balaban J connectivity index is 1.60. The van der Waals surface area contributed by atoms with Crippen molar-refractivity contribution in [3.05, 3.63) is 70.1 Å². The second-order valence-corrected chi connectivity index (χ2v) is 9.37. The maximum Gasteiger partial charge on any atom is 0.256 e. The van der Waals surface area contributed by atoms with E-state index >= 15 is 0 Å². The Hall–Kier alpha value is -2.09. The van der Waals surface area contributed by atoms with E-state index in [2.05, 4.69) is 10.1 Å². The van der Waals surface area contributed by atoms with E-state index < -0.39 is 0 Å². The zero-order chi connectivity index (χ0) is 19.7. The summed E-state index contributed by atoms with van der Waals surface area (Å²) in [7, 11) is 0. The summed E-state index contributed by atoms with van der Waals surface area (Å²) in [6.45, 7) is 3.84. The monoisotopic (exact) mass is 431 g/mol. The van der Waals surface area contributed by atoms with Crippen molar-refractivity contribution in [1.29, 1.82) is 0 Å². The standard InChI is InChI=1S/C20H18ClN3O2S2/c1-12-11-27-20(22-12)28-13(2)19(25)24-17(18-4-3-9-26-18)10-16(23-24)14-5-7-15(21)8-6-14/h3-9,11,13,17H,10H2,1-2H3/t13-,17+/m1/s1. The van der Waals surface area contributed by atoms with Crippen LogP contribution in [0.15, 0.2) is 61.9 Å². The molecule has 4 rings (SSSR count). The number of thiazole rings is 1. The number of furan rings is 1. The summed E-state index contributed by atoms with van der Waals surface area (Å²) >= 11 is 9.01. The smallest absolute Gasteiger partial charge is 0.256 e. The number of aromatic nitrogens is 1. The van der Waals surface area contributed by atoms with Crippen LogP contribution in [0.1, 0.15) is 36.4 Å². The lowest BCUT2D eigenvalue weighted by molar-refractivity contribution is -0.132. The molecule has 0 fully saturated rings. The number of thioether (sulfide) groups is 1. The van der Waals surface area contributed by atoms with Gasteiger partial charge in [0.15, 0.2) is 4.34 Å². The van der Waals surface area contributed by atoms with Crippen LogP contribution in [0.4, 0.5) is 0 Å². The van der Waals surface area contributed by atoms with E-state index in [-0.39, 0.29) is 17.2 Å². The van der Waals surface area contributed by atoms with E-state index in [1.165, 1.54) is 11.8 Å². The van der Waals surface area contributed by atoms with Gasteiger partial charge in [-0.3, -0.25) is 4.79 Å². The zero-order valence-electron chi connectivity index (χ0n) is 15.3. The largest absolute Gasteiger partial charge is 0.467 e. The fraction of sp³-hybridized carbons (Fsp3) is 0.250. The fourth-order valence-electron chi connectivity index (χ4n) is 3.01. The Labute approximate surface area is 176 Å². The third-order valence-corrected chi connectivity index (χ3v) is 6.84. The van der Waals surface area contributed by atoms with E-state index in [0.29, 0.717) is 11.4 Å². The Morgan fingerprint density at radius 1 is 1.36 bits per heavy atom. The summed E-state index contributed by atoms with van der Waals surface area (Å²) in [5, 5.41) is 8.56. The summed E-state index contributed by atoms with van der Waals surface area (Å²) in [5.74, 6) is 0.659. The molecule has 1 aromatic carbocycles. The van der Waals surface area contributed by atoms with Gasteiger partial charge in [0.05, 0.1) is 17.2 Å². The second-order valence-electron chi connectivity index (χ2n) is 6.49. The van der Waals surface area contributed by atoms with Crippen LogP contribution in [0.2, 0.25) is 5.02 Å². The molecule has 1 aliphatic rings. The molecular formula is C20H18ClN3O2S2. The number of carbonyl (C=O) groups excluding carboxylic acids is 1. The summed E-state index contributed by atoms with van der Waals surface area (Å²) in [4.78, 5) is 17.6. The lowest BCUT2D eigenvalue weighted by atomic mass is 10.0. The molecule has 0 aliphatic carbocycles. The van der Waals surface area contributed by atoms with Crippen LogP contribution in [0.25, 0.3) is 0 Å². The van der Waals surface area contributed by atoms with Crippen LogP contribution in [0.5, 0.6) is 0 Å². The SMILES string of the molecule is Cc1csc(S[C@H](C)C(=O)N2N=C(c3ccc(Cl)cc3)C[C@H]2c2ccco2)n1. The van der Waals surface area contributed by atoms with Gasteiger partial charge in [-0.15, -0.1) is 11.3 Å². The molecule has 1 amide bonds. The second kappa shape index (κ2) is 8.11. The van der Waals surface area contributed by atoms with Gasteiger partial charge in [-0.1, -0.05) is 35.5 Å².